The molecule has 0 unspecified atom stereocenters. The molecular weight excluding hydrogens is 1480 g/mol. The molecule has 0 spiro atoms. The second kappa shape index (κ2) is 39.0. The van der Waals surface area contributed by atoms with Crippen LogP contribution in [0.25, 0.3) is 11.0 Å². The fraction of sp³-hybridized carbons (Fsp3) is 0.500. The number of aliphatic hydroxyl groups excluding tert-OH is 3. The molecule has 3 aromatic carbocycles. The molecule has 4 heterocycles. The number of hydrogen-bond donors (Lipinski definition) is 18. The van der Waals surface area contributed by atoms with Crippen LogP contribution in [-0.2, 0) is 93.1 Å². The van der Waals surface area contributed by atoms with Crippen LogP contribution in [0, 0.1) is 11.3 Å². The van der Waals surface area contributed by atoms with Crippen LogP contribution in [-0.4, -0.2) is 226 Å². The first-order valence-electron chi connectivity index (χ1n) is 36.3. The highest BCUT2D eigenvalue weighted by atomic mass is 32.2. The fourth-order valence-electron chi connectivity index (χ4n) is 12.4. The maximum Gasteiger partial charge on any atom is 0.248 e. The zero-order valence-corrected chi connectivity index (χ0v) is 65.5. The van der Waals surface area contributed by atoms with Crippen molar-refractivity contribution < 1.29 is 87.9 Å². The number of aromatic nitrogens is 2. The number of hydrogen-bond acceptors (Lipinski definition) is 21. The van der Waals surface area contributed by atoms with Gasteiger partial charge in [0, 0.05) is 73.5 Å². The summed E-state index contributed by atoms with van der Waals surface area (Å²) in [7, 11) is 0. The molecule has 5 aromatic rings. The highest BCUT2D eigenvalue weighted by Crippen LogP contribution is 2.27. The number of benzene rings is 3. The lowest BCUT2D eigenvalue weighted by Gasteiger charge is -2.36. The van der Waals surface area contributed by atoms with Crippen molar-refractivity contribution >= 4 is 111 Å². The minimum Gasteiger partial charge on any atom is -0.508 e. The predicted molar refractivity (Wildman–Crippen MR) is 413 cm³/mol. The molecule has 33 nitrogen and oxygen atoms in total. The lowest BCUT2D eigenvalue weighted by Crippen LogP contribution is -2.67. The number of thioether (sulfide) groups is 2. The molecule has 0 saturated carbocycles. The normalized spacial score (nSPS) is 26.4. The summed E-state index contributed by atoms with van der Waals surface area (Å²) in [4.78, 5) is 195. The predicted octanol–water partition coefficient (Wildman–Crippen LogP) is -0.733. The zero-order chi connectivity index (χ0) is 82.0. The van der Waals surface area contributed by atoms with Crippen LogP contribution < -0.4 is 64.2 Å². The molecule has 0 radical (unpaired) electrons. The Balaban J connectivity index is 1.24. The summed E-state index contributed by atoms with van der Waals surface area (Å²) < 4.78 is 0. The number of nitrogens with two attached hydrogens (primary N) is 1. The summed E-state index contributed by atoms with van der Waals surface area (Å²) in [5.74, 6) is -12.6. The summed E-state index contributed by atoms with van der Waals surface area (Å²) in [5, 5.41) is 82.9. The van der Waals surface area contributed by atoms with Crippen LogP contribution in [0.4, 0.5) is 0 Å². The number of nitrogens with zero attached hydrogens (tertiary/aromatic N) is 2. The average molecular weight is 1580 g/mol. The van der Waals surface area contributed by atoms with Crippen molar-refractivity contribution in [3.8, 4) is 11.5 Å². The Hall–Kier alpha value is -10.4. The number of aromatic hydroxyl groups is 2. The van der Waals surface area contributed by atoms with E-state index in [1.807, 2.05) is 18.2 Å². The SMILES string of the molecule is CC(=O)N[C@H]1CSCc2cccc(c2)CSC[C@H](C(N)=O)NC(=O)[C@H]([C@@H](C)O)NC(=O)[C@](C)(C(C)C)NC(=O)[C@H](Cc2ccc(O)cc2)NC(=O)[C@H](C)NC(=O)[C@](C)(CO)NC(=O)[C@H](Cc2c[nH]c3ncccc23)NC(=O)[C@H]([C@@H](C)O)NC(=O)[C@@H]2CCCN2C(=O)[C@H](Cc2ccc(O)cc2)NC(=O)[C@H](C(C)(C)C)NC1=O. The van der Waals surface area contributed by atoms with Crippen LogP contribution in [0.5, 0.6) is 11.5 Å². The van der Waals surface area contributed by atoms with Gasteiger partial charge in [0.1, 0.15) is 88.6 Å². The van der Waals surface area contributed by atoms with Crippen molar-refractivity contribution in [2.75, 3.05) is 24.7 Å². The van der Waals surface area contributed by atoms with E-state index in [4.69, 9.17) is 5.73 Å². The van der Waals surface area contributed by atoms with Gasteiger partial charge in [0.15, 0.2) is 0 Å². The first-order valence-corrected chi connectivity index (χ1v) is 38.6. The number of carbonyl (C=O) groups excluding carboxylic acids is 13. The molecule has 1 fully saturated rings. The molecule has 111 heavy (non-hydrogen) atoms. The molecule has 13 amide bonds. The van der Waals surface area contributed by atoms with Crippen LogP contribution in [0.1, 0.15) is 117 Å². The summed E-state index contributed by atoms with van der Waals surface area (Å²) >= 11 is 2.50. The molecule has 0 aliphatic carbocycles. The molecule has 2 aromatic heterocycles. The number of nitrogens with one attached hydrogen (secondary N) is 12. The molecule has 2 aliphatic heterocycles. The maximum absolute atomic E-state index is 15.2. The fourth-order valence-corrected chi connectivity index (χ4v) is 14.4. The van der Waals surface area contributed by atoms with Gasteiger partial charge in [-0.25, -0.2) is 4.98 Å². The molecule has 14 atom stereocenters. The van der Waals surface area contributed by atoms with Gasteiger partial charge in [-0.2, -0.15) is 23.5 Å². The van der Waals surface area contributed by atoms with Gasteiger partial charge in [0.2, 0.25) is 76.8 Å². The van der Waals surface area contributed by atoms with Gasteiger partial charge in [0.25, 0.3) is 0 Å². The Morgan fingerprint density at radius 3 is 1.76 bits per heavy atom. The van der Waals surface area contributed by atoms with E-state index in [9.17, 15) is 83.1 Å². The number of fused-ring (bicyclic) bond motifs is 4. The van der Waals surface area contributed by atoms with Crippen molar-refractivity contribution in [2.45, 2.75) is 203 Å². The number of aliphatic hydroxyl groups is 3. The van der Waals surface area contributed by atoms with E-state index in [-0.39, 0.29) is 67.4 Å². The van der Waals surface area contributed by atoms with Gasteiger partial charge in [-0.15, -0.1) is 0 Å². The maximum atomic E-state index is 15.2. The molecule has 2 bridgehead atoms. The van der Waals surface area contributed by atoms with Crippen molar-refractivity contribution in [3.63, 3.8) is 0 Å². The Kier molecular flexibility index (Phi) is 30.9. The van der Waals surface area contributed by atoms with Crippen LogP contribution in [0.3, 0.4) is 0 Å². The third kappa shape index (κ3) is 24.1. The van der Waals surface area contributed by atoms with Gasteiger partial charge in [-0.3, -0.25) is 62.3 Å². The highest BCUT2D eigenvalue weighted by Gasteiger charge is 2.46. The largest absolute Gasteiger partial charge is 0.508 e. The number of aromatic amines is 1. The first kappa shape index (κ1) is 87.9. The molecule has 1 saturated heterocycles. The number of pyridine rings is 1. The molecular formula is C76H103N15O18S2. The van der Waals surface area contributed by atoms with E-state index < -0.39 is 178 Å². The smallest absolute Gasteiger partial charge is 0.248 e. The van der Waals surface area contributed by atoms with Gasteiger partial charge in [-0.1, -0.05) is 83.1 Å². The second-order valence-electron chi connectivity index (χ2n) is 29.8. The Morgan fingerprint density at radius 1 is 0.640 bits per heavy atom. The van der Waals surface area contributed by atoms with Gasteiger partial charge in [-0.05, 0) is 123 Å². The first-order chi connectivity index (χ1) is 52.2. The monoisotopic (exact) mass is 1580 g/mol. The second-order valence-corrected chi connectivity index (χ2v) is 31.9. The zero-order valence-electron chi connectivity index (χ0n) is 63.9. The van der Waals surface area contributed by atoms with Gasteiger partial charge >= 0.3 is 0 Å². The molecule has 2 aliphatic rings. The molecule has 602 valence electrons. The number of carbonyl (C=O) groups is 13. The Morgan fingerprint density at radius 2 is 1.19 bits per heavy atom. The van der Waals surface area contributed by atoms with E-state index in [1.54, 1.807) is 52.8 Å². The number of phenols is 2. The third-order valence-electron chi connectivity index (χ3n) is 19.4. The van der Waals surface area contributed by atoms with E-state index in [0.29, 0.717) is 33.5 Å². The number of H-pyrrole nitrogens is 1. The van der Waals surface area contributed by atoms with Gasteiger partial charge < -0.3 is 99.6 Å². The Labute approximate surface area is 651 Å². The number of amides is 13. The number of primary amides is 1. The van der Waals surface area contributed by atoms with E-state index in [2.05, 4.69) is 68.5 Å². The average Bonchev–Trinajstić information content (AvgIpc) is 1.79. The van der Waals surface area contributed by atoms with Crippen molar-refractivity contribution in [1.29, 1.82) is 0 Å². The molecule has 19 N–H and O–H groups in total. The Bertz CT molecular complexity index is 4200. The molecule has 7 rings (SSSR count). The lowest BCUT2D eigenvalue weighted by atomic mass is 9.85. The van der Waals surface area contributed by atoms with Crippen molar-refractivity contribution in [3.05, 3.63) is 125 Å². The minimum absolute atomic E-state index is 0.00465. The summed E-state index contributed by atoms with van der Waals surface area (Å²) in [5.41, 5.74) is 3.69. The standard InChI is InChI=1S/C76H103N15O18S2/c1-39(2)76(11)73(109)87-59(42(5)94)69(105)85-55(61(77)98)36-110-34-46-15-12-16-47(29-46)35-111-37-56(81-43(6)95)64(100)88-60(74(7,8)9)70(106)84-54(31-45-21-25-50(97)26-22-45)71(107)91-28-14-18-57(91)67(103)86-58(41(4)93)68(104)83-53(32-48-33-79-62-51(48)17-13-27-78-62)65(101)89-75(10,38-92)72(108)80-40(3)63(99)82-52(66(102)90-76)30-44-19-23-49(96)24-20-44/h12-13,15-17,19-27,29,33,39-42,52-60,92-94,96-97H,14,18,28,30-32,34-38H2,1-11H3,(H2,77,98)(H,78,79)(H,80,108)(H,81,95)(H,82,99)(H,83,104)(H,84,106)(H,85,105)(H,86,103)(H,87,109)(H,88,100)(H,89,101)(H,90,102)/t40-,41+,42+,52-,53-,54-,55+,56-,57-,58-,59-,60+,75-,76-/m0/s1. The number of phenolic OH excluding ortho intramolecular Hbond substituents is 2. The van der Waals surface area contributed by atoms with Crippen molar-refractivity contribution in [1.82, 2.24) is 73.4 Å². The van der Waals surface area contributed by atoms with E-state index >= 15 is 4.79 Å². The van der Waals surface area contributed by atoms with Gasteiger partial charge in [0.05, 0.1) is 18.8 Å². The third-order valence-corrected chi connectivity index (χ3v) is 21.6. The van der Waals surface area contributed by atoms with Crippen LogP contribution in [0.2, 0.25) is 0 Å². The topological polar surface area (TPSA) is 513 Å². The van der Waals surface area contributed by atoms with Crippen LogP contribution >= 0.6 is 23.5 Å². The van der Waals surface area contributed by atoms with E-state index in [1.165, 1.54) is 124 Å². The van der Waals surface area contributed by atoms with E-state index in [0.717, 1.165) is 18.1 Å². The van der Waals surface area contributed by atoms with Crippen LogP contribution in [0.15, 0.2) is 97.3 Å². The summed E-state index contributed by atoms with van der Waals surface area (Å²) in [6, 6.07) is 6.81. The summed E-state index contributed by atoms with van der Waals surface area (Å²) in [6.07, 6.45) is -0.869. The van der Waals surface area contributed by atoms with Crippen molar-refractivity contribution in [2.24, 2.45) is 17.1 Å². The lowest BCUT2D eigenvalue weighted by molar-refractivity contribution is -0.143. The number of rotatable bonds is 12. The highest BCUT2D eigenvalue weighted by molar-refractivity contribution is 7.98. The minimum atomic E-state index is -2.32. The summed E-state index contributed by atoms with van der Waals surface area (Å²) in [6.45, 7) is 14.3. The molecule has 35 heteroatoms. The quantitative estimate of drug-likeness (QED) is 0.0732.